The number of nitrogens with one attached hydrogen (secondary N) is 4. The minimum atomic E-state index is -1.36. The van der Waals surface area contributed by atoms with Crippen LogP contribution in [0.5, 0.6) is 11.5 Å². The number of carbonyl (C=O) groups is 4. The number of fused-ring (bicyclic) bond motifs is 2. The summed E-state index contributed by atoms with van der Waals surface area (Å²) < 4.78 is 6.12. The SMILES string of the molecule is CC[C@@]1(C)Oc2cc(ccc2O)CC(NC)C(=O)N[C@@H](C(C)C)C(=O)N[C@@H]1C(=O)NCC(=O)O. The molecule has 188 valence electrons. The molecular formula is C23H34N4O7. The smallest absolute Gasteiger partial charge is 0.322 e. The number of likely N-dealkylation sites (N-methyl/N-ethyl adjacent to an activating group) is 1. The number of hydrogen-bond donors (Lipinski definition) is 6. The van der Waals surface area contributed by atoms with Gasteiger partial charge in [-0.25, -0.2) is 0 Å². The molecule has 0 radical (unpaired) electrons. The van der Waals surface area contributed by atoms with Gasteiger partial charge in [-0.2, -0.15) is 0 Å². The van der Waals surface area contributed by atoms with Gasteiger partial charge in [0.25, 0.3) is 0 Å². The number of aliphatic carboxylic acids is 1. The molecule has 0 spiro atoms. The quantitative estimate of drug-likeness (QED) is 0.330. The summed E-state index contributed by atoms with van der Waals surface area (Å²) in [6.45, 7) is 6.19. The molecule has 6 N–H and O–H groups in total. The topological polar surface area (TPSA) is 166 Å². The van der Waals surface area contributed by atoms with Gasteiger partial charge in [0, 0.05) is 0 Å². The third-order valence-electron chi connectivity index (χ3n) is 5.99. The molecule has 2 bridgehead atoms. The maximum atomic E-state index is 13.3. The number of carbonyl (C=O) groups excluding carboxylic acids is 3. The zero-order valence-corrected chi connectivity index (χ0v) is 20.1. The van der Waals surface area contributed by atoms with Crippen molar-refractivity contribution < 1.29 is 34.1 Å². The Kier molecular flexibility index (Phi) is 8.86. The van der Waals surface area contributed by atoms with Crippen molar-refractivity contribution in [3.8, 4) is 11.5 Å². The van der Waals surface area contributed by atoms with Gasteiger partial charge in [-0.05, 0) is 50.4 Å². The van der Waals surface area contributed by atoms with Gasteiger partial charge >= 0.3 is 5.97 Å². The van der Waals surface area contributed by atoms with Crippen LogP contribution in [0.15, 0.2) is 18.2 Å². The van der Waals surface area contributed by atoms with Crippen LogP contribution in [0.3, 0.4) is 0 Å². The molecule has 1 aliphatic heterocycles. The summed E-state index contributed by atoms with van der Waals surface area (Å²) in [7, 11) is 1.63. The van der Waals surface area contributed by atoms with E-state index in [0.717, 1.165) is 0 Å². The van der Waals surface area contributed by atoms with E-state index in [1.54, 1.807) is 46.9 Å². The van der Waals surface area contributed by atoms with Crippen molar-refractivity contribution in [3.05, 3.63) is 23.8 Å². The molecule has 11 heteroatoms. The summed E-state index contributed by atoms with van der Waals surface area (Å²) in [6.07, 6.45) is 0.483. The highest BCUT2D eigenvalue weighted by molar-refractivity contribution is 5.94. The average molecular weight is 479 g/mol. The van der Waals surface area contributed by atoms with Crippen molar-refractivity contribution in [2.24, 2.45) is 5.92 Å². The number of carboxylic acids is 1. The van der Waals surface area contributed by atoms with Crippen LogP contribution >= 0.6 is 0 Å². The maximum Gasteiger partial charge on any atom is 0.322 e. The number of phenolic OH excluding ortho intramolecular Hbond substituents is 1. The summed E-state index contributed by atoms with van der Waals surface area (Å²) >= 11 is 0. The summed E-state index contributed by atoms with van der Waals surface area (Å²) in [5, 5.41) is 30.0. The second-order valence-corrected chi connectivity index (χ2v) is 8.90. The number of rotatable bonds is 6. The molecule has 2 rings (SSSR count). The minimum Gasteiger partial charge on any atom is -0.504 e. The largest absolute Gasteiger partial charge is 0.504 e. The Bertz CT molecular complexity index is 936. The third-order valence-corrected chi connectivity index (χ3v) is 5.99. The number of carboxylic acid groups (broad SMARTS) is 1. The van der Waals surface area contributed by atoms with Gasteiger partial charge < -0.3 is 36.2 Å². The molecule has 4 atom stereocenters. The molecule has 0 aromatic heterocycles. The number of hydrogen-bond acceptors (Lipinski definition) is 7. The van der Waals surface area contributed by atoms with Crippen molar-refractivity contribution >= 4 is 23.7 Å². The molecule has 34 heavy (non-hydrogen) atoms. The third kappa shape index (κ3) is 6.37. The van der Waals surface area contributed by atoms with Crippen LogP contribution in [0.4, 0.5) is 0 Å². The lowest BCUT2D eigenvalue weighted by Crippen LogP contribution is -2.64. The molecule has 1 aromatic rings. The maximum absolute atomic E-state index is 13.3. The predicted molar refractivity (Wildman–Crippen MR) is 123 cm³/mol. The molecule has 0 fully saturated rings. The van der Waals surface area contributed by atoms with Gasteiger partial charge in [-0.1, -0.05) is 26.8 Å². The van der Waals surface area contributed by atoms with Crippen LogP contribution in [0, 0.1) is 5.92 Å². The molecule has 11 nitrogen and oxygen atoms in total. The predicted octanol–water partition coefficient (Wildman–Crippen LogP) is -0.0898. The van der Waals surface area contributed by atoms with Crippen molar-refractivity contribution in [3.63, 3.8) is 0 Å². The van der Waals surface area contributed by atoms with Gasteiger partial charge in [0.1, 0.15) is 24.2 Å². The fourth-order valence-corrected chi connectivity index (χ4v) is 3.70. The zero-order valence-electron chi connectivity index (χ0n) is 20.1. The Morgan fingerprint density at radius 1 is 1.24 bits per heavy atom. The summed E-state index contributed by atoms with van der Waals surface area (Å²) in [5.74, 6) is -3.47. The number of benzene rings is 1. The van der Waals surface area contributed by atoms with Crippen molar-refractivity contribution in [2.75, 3.05) is 13.6 Å². The lowest BCUT2D eigenvalue weighted by atomic mass is 9.91. The summed E-state index contributed by atoms with van der Waals surface area (Å²) in [5.41, 5.74) is -0.677. The van der Waals surface area contributed by atoms with Crippen molar-refractivity contribution in [1.29, 1.82) is 0 Å². The zero-order chi connectivity index (χ0) is 25.6. The second kappa shape index (κ2) is 11.2. The Hall–Kier alpha value is -3.34. The van der Waals surface area contributed by atoms with Gasteiger partial charge in [0.15, 0.2) is 11.5 Å². The number of aromatic hydroxyl groups is 1. The molecule has 0 saturated carbocycles. The Morgan fingerprint density at radius 2 is 1.91 bits per heavy atom. The van der Waals surface area contributed by atoms with Gasteiger partial charge in [-0.15, -0.1) is 0 Å². The number of amides is 3. The molecule has 1 unspecified atom stereocenters. The second-order valence-electron chi connectivity index (χ2n) is 8.90. The first-order chi connectivity index (χ1) is 15.9. The highest BCUT2D eigenvalue weighted by atomic mass is 16.5. The first-order valence-electron chi connectivity index (χ1n) is 11.2. The van der Waals surface area contributed by atoms with E-state index in [0.29, 0.717) is 5.56 Å². The van der Waals surface area contributed by atoms with Gasteiger partial charge in [0.2, 0.25) is 17.7 Å². The van der Waals surface area contributed by atoms with Crippen molar-refractivity contribution in [1.82, 2.24) is 21.3 Å². The highest BCUT2D eigenvalue weighted by Crippen LogP contribution is 2.33. The highest BCUT2D eigenvalue weighted by Gasteiger charge is 2.43. The minimum absolute atomic E-state index is 0.0713. The van der Waals surface area contributed by atoms with E-state index in [4.69, 9.17) is 9.84 Å². The number of ether oxygens (including phenoxy) is 1. The first kappa shape index (κ1) is 26.9. The van der Waals surface area contributed by atoms with Crippen LogP contribution in [0.2, 0.25) is 0 Å². The van der Waals surface area contributed by atoms with E-state index in [2.05, 4.69) is 21.3 Å². The molecule has 0 aliphatic carbocycles. The average Bonchev–Trinajstić information content (AvgIpc) is 2.78. The van der Waals surface area contributed by atoms with E-state index in [9.17, 15) is 24.3 Å². The normalized spacial score (nSPS) is 25.6. The first-order valence-corrected chi connectivity index (χ1v) is 11.2. The van der Waals surface area contributed by atoms with E-state index in [1.807, 2.05) is 0 Å². The fraction of sp³-hybridized carbons (Fsp3) is 0.565. The Balaban J connectivity index is 2.61. The molecule has 3 amide bonds. The van der Waals surface area contributed by atoms with Crippen molar-refractivity contribution in [2.45, 2.75) is 64.3 Å². The lowest BCUT2D eigenvalue weighted by Gasteiger charge is -2.37. The van der Waals surface area contributed by atoms with Crippen LogP contribution in [-0.2, 0) is 25.6 Å². The lowest BCUT2D eigenvalue weighted by molar-refractivity contribution is -0.141. The monoisotopic (exact) mass is 478 g/mol. The molecule has 1 aromatic carbocycles. The van der Waals surface area contributed by atoms with Crippen LogP contribution in [-0.4, -0.2) is 71.2 Å². The van der Waals surface area contributed by atoms with E-state index >= 15 is 0 Å². The summed E-state index contributed by atoms with van der Waals surface area (Å²) in [4.78, 5) is 50.3. The van der Waals surface area contributed by atoms with Gasteiger partial charge in [-0.3, -0.25) is 19.2 Å². The van der Waals surface area contributed by atoms with Crippen LogP contribution < -0.4 is 26.0 Å². The Morgan fingerprint density at radius 3 is 2.47 bits per heavy atom. The molecule has 0 saturated heterocycles. The molecule has 1 aliphatic rings. The fourth-order valence-electron chi connectivity index (χ4n) is 3.70. The van der Waals surface area contributed by atoms with E-state index in [-0.39, 0.29) is 30.3 Å². The van der Waals surface area contributed by atoms with Crippen LogP contribution in [0.25, 0.3) is 0 Å². The van der Waals surface area contributed by atoms with Crippen LogP contribution in [0.1, 0.15) is 39.7 Å². The van der Waals surface area contributed by atoms with E-state index < -0.39 is 54.0 Å². The van der Waals surface area contributed by atoms with Gasteiger partial charge in [0.05, 0.1) is 6.04 Å². The Labute approximate surface area is 198 Å². The molecular weight excluding hydrogens is 444 g/mol. The number of phenols is 1. The standard InChI is InChI=1S/C23H34N4O7/c1-6-23(4)19(22(33)25-11-17(29)30)27-21(32)18(12(2)3)26-20(31)14(24-5)9-13-7-8-15(28)16(10-13)34-23/h7-8,10,12,14,18-19,24,28H,6,9,11H2,1-5H3,(H,25,33)(H,26,31)(H,27,32)(H,29,30)/t14?,18-,19+,23+/m0/s1. The molecule has 1 heterocycles. The van der Waals surface area contributed by atoms with E-state index in [1.165, 1.54) is 6.07 Å². The summed E-state index contributed by atoms with van der Waals surface area (Å²) in [6, 6.07) is 1.71.